The first-order chi connectivity index (χ1) is 11.1. The Bertz CT molecular complexity index is 956. The van der Waals surface area contributed by atoms with Crippen LogP contribution in [0.15, 0.2) is 39.5 Å². The molecule has 23 heavy (non-hydrogen) atoms. The molecule has 2 heterocycles. The molecular formula is C17H15NO5. The highest BCUT2D eigenvalue weighted by Crippen LogP contribution is 2.33. The standard InChI is InChI=1S/C17H15NO5/c19-9-1-2-11-14(7-9)23-13-4-3-10(12-8-22-6-5-18-12)16(20)15(13)17(11)21/h1-4,7,12,18-20H,5-6,8H2. The first-order valence-corrected chi connectivity index (χ1v) is 7.37. The molecule has 0 aliphatic carbocycles. The molecule has 1 aliphatic heterocycles. The Morgan fingerprint density at radius 2 is 2.00 bits per heavy atom. The first kappa shape index (κ1) is 14.0. The maximum Gasteiger partial charge on any atom is 0.204 e. The van der Waals surface area contributed by atoms with Crippen molar-refractivity contribution in [3.63, 3.8) is 0 Å². The molecular weight excluding hydrogens is 298 g/mol. The third-order valence-electron chi connectivity index (χ3n) is 4.12. The van der Waals surface area contributed by atoms with E-state index in [1.165, 1.54) is 18.2 Å². The lowest BCUT2D eigenvalue weighted by Crippen LogP contribution is -2.34. The molecule has 1 atom stereocenters. The van der Waals surface area contributed by atoms with E-state index in [1.54, 1.807) is 12.1 Å². The first-order valence-electron chi connectivity index (χ1n) is 7.37. The molecule has 0 spiro atoms. The van der Waals surface area contributed by atoms with Crippen molar-refractivity contribution in [2.24, 2.45) is 0 Å². The largest absolute Gasteiger partial charge is 0.508 e. The van der Waals surface area contributed by atoms with Gasteiger partial charge in [0.1, 0.15) is 28.1 Å². The van der Waals surface area contributed by atoms with Gasteiger partial charge in [-0.2, -0.15) is 0 Å². The minimum absolute atomic E-state index is 0.0180. The number of fused-ring (bicyclic) bond motifs is 2. The van der Waals surface area contributed by atoms with Crippen LogP contribution >= 0.6 is 0 Å². The summed E-state index contributed by atoms with van der Waals surface area (Å²) in [6.45, 7) is 1.75. The summed E-state index contributed by atoms with van der Waals surface area (Å²) < 4.78 is 11.1. The second-order valence-electron chi connectivity index (χ2n) is 5.57. The van der Waals surface area contributed by atoms with Crippen LogP contribution in [-0.4, -0.2) is 30.0 Å². The number of phenols is 2. The van der Waals surface area contributed by atoms with Crippen molar-refractivity contribution >= 4 is 21.9 Å². The summed E-state index contributed by atoms with van der Waals surface area (Å²) in [5.41, 5.74) is 0.861. The maximum atomic E-state index is 12.7. The quantitative estimate of drug-likeness (QED) is 0.595. The Morgan fingerprint density at radius 3 is 2.78 bits per heavy atom. The second-order valence-corrected chi connectivity index (χ2v) is 5.57. The smallest absolute Gasteiger partial charge is 0.204 e. The Kier molecular flexibility index (Phi) is 3.21. The van der Waals surface area contributed by atoms with Crippen LogP contribution in [-0.2, 0) is 4.74 Å². The predicted molar refractivity (Wildman–Crippen MR) is 84.9 cm³/mol. The summed E-state index contributed by atoms with van der Waals surface area (Å²) in [6, 6.07) is 7.51. The van der Waals surface area contributed by atoms with Crippen molar-refractivity contribution < 1.29 is 19.4 Å². The number of hydrogen-bond acceptors (Lipinski definition) is 6. The molecule has 4 rings (SSSR count). The lowest BCUT2D eigenvalue weighted by molar-refractivity contribution is 0.0761. The molecule has 1 fully saturated rings. The molecule has 0 saturated carbocycles. The molecule has 0 amide bonds. The van der Waals surface area contributed by atoms with Gasteiger partial charge in [0.15, 0.2) is 0 Å². The number of morpholine rings is 1. The molecule has 1 aliphatic rings. The van der Waals surface area contributed by atoms with E-state index < -0.39 is 0 Å². The summed E-state index contributed by atoms with van der Waals surface area (Å²) in [7, 11) is 0. The van der Waals surface area contributed by atoms with Gasteiger partial charge in [-0.05, 0) is 24.3 Å². The number of nitrogens with one attached hydrogen (secondary N) is 1. The highest BCUT2D eigenvalue weighted by Gasteiger charge is 2.22. The van der Waals surface area contributed by atoms with Gasteiger partial charge < -0.3 is 24.7 Å². The highest BCUT2D eigenvalue weighted by molar-refractivity contribution is 5.94. The van der Waals surface area contributed by atoms with Crippen molar-refractivity contribution in [1.82, 2.24) is 5.32 Å². The van der Waals surface area contributed by atoms with E-state index in [2.05, 4.69) is 5.32 Å². The Balaban J connectivity index is 1.99. The Hall–Kier alpha value is -2.57. The van der Waals surface area contributed by atoms with Gasteiger partial charge in [0.2, 0.25) is 5.43 Å². The van der Waals surface area contributed by atoms with E-state index in [1.807, 2.05) is 0 Å². The SMILES string of the molecule is O=c1c2ccc(O)cc2oc2ccc(C3COCCN3)c(O)c12. The van der Waals surface area contributed by atoms with E-state index in [-0.39, 0.29) is 39.5 Å². The summed E-state index contributed by atoms with van der Waals surface area (Å²) in [6.07, 6.45) is 0. The molecule has 1 saturated heterocycles. The van der Waals surface area contributed by atoms with Gasteiger partial charge in [-0.25, -0.2) is 0 Å². The minimum atomic E-state index is -0.322. The van der Waals surface area contributed by atoms with Crippen LogP contribution in [0.2, 0.25) is 0 Å². The summed E-state index contributed by atoms with van der Waals surface area (Å²) in [5, 5.41) is 23.8. The topological polar surface area (TPSA) is 91.9 Å². The maximum absolute atomic E-state index is 12.7. The monoisotopic (exact) mass is 313 g/mol. The molecule has 1 aromatic heterocycles. The summed E-state index contributed by atoms with van der Waals surface area (Å²) in [5.74, 6) is -0.0707. The third-order valence-corrected chi connectivity index (χ3v) is 4.12. The fourth-order valence-corrected chi connectivity index (χ4v) is 2.98. The molecule has 6 nitrogen and oxygen atoms in total. The predicted octanol–water partition coefficient (Wildman–Crippen LogP) is 2.02. The molecule has 0 bridgehead atoms. The van der Waals surface area contributed by atoms with Crippen LogP contribution in [0.5, 0.6) is 11.5 Å². The van der Waals surface area contributed by atoms with Crippen LogP contribution < -0.4 is 10.7 Å². The van der Waals surface area contributed by atoms with Crippen LogP contribution in [0.25, 0.3) is 21.9 Å². The second kappa shape index (κ2) is 5.26. The zero-order valence-corrected chi connectivity index (χ0v) is 12.2. The van der Waals surface area contributed by atoms with Gasteiger partial charge in [-0.15, -0.1) is 0 Å². The number of rotatable bonds is 1. The van der Waals surface area contributed by atoms with Crippen LogP contribution in [0.1, 0.15) is 11.6 Å². The number of phenolic OH excluding ortho intramolecular Hbond substituents is 2. The van der Waals surface area contributed by atoms with Gasteiger partial charge in [0.25, 0.3) is 0 Å². The Morgan fingerprint density at radius 1 is 1.13 bits per heavy atom. The fourth-order valence-electron chi connectivity index (χ4n) is 2.98. The van der Waals surface area contributed by atoms with E-state index in [4.69, 9.17) is 9.15 Å². The van der Waals surface area contributed by atoms with Crippen molar-refractivity contribution in [3.8, 4) is 11.5 Å². The minimum Gasteiger partial charge on any atom is -0.508 e. The number of aromatic hydroxyl groups is 2. The van der Waals surface area contributed by atoms with Gasteiger partial charge in [-0.3, -0.25) is 4.79 Å². The molecule has 1 unspecified atom stereocenters. The molecule has 2 aromatic carbocycles. The summed E-state index contributed by atoms with van der Waals surface area (Å²) >= 11 is 0. The van der Waals surface area contributed by atoms with Crippen molar-refractivity contribution in [1.29, 1.82) is 0 Å². The molecule has 3 aromatic rings. The lowest BCUT2D eigenvalue weighted by atomic mass is 10.0. The third kappa shape index (κ3) is 2.23. The van der Waals surface area contributed by atoms with Crippen LogP contribution in [0.4, 0.5) is 0 Å². The van der Waals surface area contributed by atoms with Crippen molar-refractivity contribution in [2.75, 3.05) is 19.8 Å². The van der Waals surface area contributed by atoms with Crippen LogP contribution in [0.3, 0.4) is 0 Å². The van der Waals surface area contributed by atoms with E-state index in [0.29, 0.717) is 30.7 Å². The average Bonchev–Trinajstić information content (AvgIpc) is 2.55. The number of ether oxygens (including phenoxy) is 1. The average molecular weight is 313 g/mol. The van der Waals surface area contributed by atoms with Gasteiger partial charge in [0.05, 0.1) is 24.6 Å². The number of hydrogen-bond donors (Lipinski definition) is 3. The van der Waals surface area contributed by atoms with Gasteiger partial charge >= 0.3 is 0 Å². The van der Waals surface area contributed by atoms with E-state index in [9.17, 15) is 15.0 Å². The molecule has 0 radical (unpaired) electrons. The summed E-state index contributed by atoms with van der Waals surface area (Å²) in [4.78, 5) is 12.7. The molecule has 3 N–H and O–H groups in total. The zero-order chi connectivity index (χ0) is 16.0. The zero-order valence-electron chi connectivity index (χ0n) is 12.2. The van der Waals surface area contributed by atoms with Crippen LogP contribution in [0, 0.1) is 0 Å². The van der Waals surface area contributed by atoms with Crippen molar-refractivity contribution in [3.05, 3.63) is 46.1 Å². The van der Waals surface area contributed by atoms with E-state index >= 15 is 0 Å². The highest BCUT2D eigenvalue weighted by atomic mass is 16.5. The van der Waals surface area contributed by atoms with Gasteiger partial charge in [0, 0.05) is 18.2 Å². The normalized spacial score (nSPS) is 18.5. The molecule has 118 valence electrons. The van der Waals surface area contributed by atoms with Crippen molar-refractivity contribution in [2.45, 2.75) is 6.04 Å². The lowest BCUT2D eigenvalue weighted by Gasteiger charge is -2.25. The van der Waals surface area contributed by atoms with E-state index in [0.717, 1.165) is 0 Å². The molecule has 6 heteroatoms. The van der Waals surface area contributed by atoms with Gasteiger partial charge in [-0.1, -0.05) is 0 Å². The Labute approximate surface area is 130 Å². The fraction of sp³-hybridized carbons (Fsp3) is 0.235. The number of benzene rings is 2.